The SMILES string of the molecule is CCC(C)(CN)C(=O)N(C)CC1CCCCC1. The van der Waals surface area contributed by atoms with Crippen molar-refractivity contribution in [3.8, 4) is 0 Å². The van der Waals surface area contributed by atoms with Crippen LogP contribution in [-0.4, -0.2) is 30.9 Å². The zero-order valence-electron chi connectivity index (χ0n) is 11.7. The van der Waals surface area contributed by atoms with Crippen LogP contribution in [0.3, 0.4) is 0 Å². The molecule has 0 heterocycles. The fraction of sp³-hybridized carbons (Fsp3) is 0.929. The summed E-state index contributed by atoms with van der Waals surface area (Å²) in [5.74, 6) is 0.921. The zero-order valence-corrected chi connectivity index (χ0v) is 11.7. The minimum Gasteiger partial charge on any atom is -0.345 e. The van der Waals surface area contributed by atoms with E-state index in [2.05, 4.69) is 0 Å². The Hall–Kier alpha value is -0.570. The lowest BCUT2D eigenvalue weighted by Gasteiger charge is -2.33. The maximum absolute atomic E-state index is 12.3. The second-order valence-electron chi connectivity index (χ2n) is 5.81. The van der Waals surface area contributed by atoms with Crippen LogP contribution < -0.4 is 5.73 Å². The molecule has 1 saturated carbocycles. The predicted octanol–water partition coefficient (Wildman–Crippen LogP) is 2.40. The van der Waals surface area contributed by atoms with Crippen LogP contribution in [0.2, 0.25) is 0 Å². The third-order valence-electron chi connectivity index (χ3n) is 4.35. The van der Waals surface area contributed by atoms with Crippen LogP contribution in [0.5, 0.6) is 0 Å². The Balaban J connectivity index is 2.50. The summed E-state index contributed by atoms with van der Waals surface area (Å²) in [5.41, 5.74) is 5.37. The predicted molar refractivity (Wildman–Crippen MR) is 71.7 cm³/mol. The van der Waals surface area contributed by atoms with Gasteiger partial charge in [0.2, 0.25) is 5.91 Å². The van der Waals surface area contributed by atoms with Gasteiger partial charge >= 0.3 is 0 Å². The second kappa shape index (κ2) is 6.39. The summed E-state index contributed by atoms with van der Waals surface area (Å²) in [7, 11) is 1.93. The Labute approximate surface area is 106 Å². The average Bonchev–Trinajstić information content (AvgIpc) is 2.38. The highest BCUT2D eigenvalue weighted by Gasteiger charge is 2.33. The van der Waals surface area contributed by atoms with Gasteiger partial charge in [0, 0.05) is 20.1 Å². The van der Waals surface area contributed by atoms with Crippen LogP contribution >= 0.6 is 0 Å². The molecule has 1 atom stereocenters. The van der Waals surface area contributed by atoms with Gasteiger partial charge in [-0.1, -0.05) is 26.2 Å². The van der Waals surface area contributed by atoms with Gasteiger partial charge in [0.15, 0.2) is 0 Å². The largest absolute Gasteiger partial charge is 0.345 e. The number of carbonyl (C=O) groups excluding carboxylic acids is 1. The van der Waals surface area contributed by atoms with Crippen LogP contribution in [0.1, 0.15) is 52.4 Å². The highest BCUT2D eigenvalue weighted by Crippen LogP contribution is 2.27. The normalized spacial score (nSPS) is 20.9. The molecule has 2 N–H and O–H groups in total. The summed E-state index contributed by atoms with van der Waals surface area (Å²) >= 11 is 0. The summed E-state index contributed by atoms with van der Waals surface area (Å²) in [4.78, 5) is 14.3. The van der Waals surface area contributed by atoms with E-state index in [1.165, 1.54) is 32.1 Å². The molecule has 100 valence electrons. The van der Waals surface area contributed by atoms with Gasteiger partial charge in [-0.25, -0.2) is 0 Å². The quantitative estimate of drug-likeness (QED) is 0.802. The first-order valence-corrected chi connectivity index (χ1v) is 6.99. The molecule has 1 aliphatic rings. The van der Waals surface area contributed by atoms with Gasteiger partial charge in [-0.2, -0.15) is 0 Å². The van der Waals surface area contributed by atoms with E-state index in [9.17, 15) is 4.79 Å². The molecular formula is C14H28N2O. The fourth-order valence-corrected chi connectivity index (χ4v) is 2.68. The molecule has 3 heteroatoms. The van der Waals surface area contributed by atoms with Crippen LogP contribution in [0.4, 0.5) is 0 Å². The first-order valence-electron chi connectivity index (χ1n) is 6.99. The Bertz CT molecular complexity index is 243. The van der Waals surface area contributed by atoms with Gasteiger partial charge in [-0.3, -0.25) is 4.79 Å². The summed E-state index contributed by atoms with van der Waals surface area (Å²) in [6.45, 7) is 5.37. The van der Waals surface area contributed by atoms with Crippen LogP contribution in [-0.2, 0) is 4.79 Å². The number of rotatable bonds is 5. The summed E-state index contributed by atoms with van der Waals surface area (Å²) < 4.78 is 0. The molecule has 0 spiro atoms. The van der Waals surface area contributed by atoms with E-state index < -0.39 is 0 Å². The van der Waals surface area contributed by atoms with Crippen molar-refractivity contribution in [2.75, 3.05) is 20.1 Å². The zero-order chi connectivity index (χ0) is 12.9. The van der Waals surface area contributed by atoms with Crippen molar-refractivity contribution in [2.24, 2.45) is 17.1 Å². The standard InChI is InChI=1S/C14H28N2O/c1-4-14(2,11-15)13(17)16(3)10-12-8-6-5-7-9-12/h12H,4-11,15H2,1-3H3. The molecule has 1 unspecified atom stereocenters. The number of carbonyl (C=O) groups is 1. The molecule has 0 saturated heterocycles. The maximum Gasteiger partial charge on any atom is 0.229 e. The molecule has 17 heavy (non-hydrogen) atoms. The Morgan fingerprint density at radius 1 is 1.35 bits per heavy atom. The number of hydrogen-bond donors (Lipinski definition) is 1. The molecule has 0 bridgehead atoms. The molecule has 1 fully saturated rings. The summed E-state index contributed by atoms with van der Waals surface area (Å²) in [6, 6.07) is 0. The van der Waals surface area contributed by atoms with Crippen molar-refractivity contribution < 1.29 is 4.79 Å². The Morgan fingerprint density at radius 2 is 1.94 bits per heavy atom. The van der Waals surface area contributed by atoms with Gasteiger partial charge in [0.05, 0.1) is 5.41 Å². The molecule has 0 aromatic rings. The lowest BCUT2D eigenvalue weighted by Crippen LogP contribution is -2.46. The third kappa shape index (κ3) is 3.70. The topological polar surface area (TPSA) is 46.3 Å². The summed E-state index contributed by atoms with van der Waals surface area (Å²) in [6.07, 6.45) is 7.40. The molecule has 1 rings (SSSR count). The van der Waals surface area contributed by atoms with Crippen LogP contribution in [0.25, 0.3) is 0 Å². The molecule has 0 radical (unpaired) electrons. The molecule has 3 nitrogen and oxygen atoms in total. The van der Waals surface area contributed by atoms with Crippen molar-refractivity contribution in [1.29, 1.82) is 0 Å². The van der Waals surface area contributed by atoms with E-state index >= 15 is 0 Å². The molecule has 1 amide bonds. The van der Waals surface area contributed by atoms with Gasteiger partial charge in [-0.05, 0) is 32.1 Å². The highest BCUT2D eigenvalue weighted by molar-refractivity contribution is 5.82. The smallest absolute Gasteiger partial charge is 0.229 e. The average molecular weight is 240 g/mol. The second-order valence-corrected chi connectivity index (χ2v) is 5.81. The molecule has 0 aliphatic heterocycles. The molecular weight excluding hydrogens is 212 g/mol. The van der Waals surface area contributed by atoms with Gasteiger partial charge in [0.25, 0.3) is 0 Å². The van der Waals surface area contributed by atoms with E-state index in [-0.39, 0.29) is 11.3 Å². The number of amides is 1. The third-order valence-corrected chi connectivity index (χ3v) is 4.35. The van der Waals surface area contributed by atoms with Crippen molar-refractivity contribution in [3.63, 3.8) is 0 Å². The van der Waals surface area contributed by atoms with E-state index in [0.717, 1.165) is 13.0 Å². The molecule has 0 aromatic heterocycles. The highest BCUT2D eigenvalue weighted by atomic mass is 16.2. The number of nitrogens with two attached hydrogens (primary N) is 1. The fourth-order valence-electron chi connectivity index (χ4n) is 2.68. The van der Waals surface area contributed by atoms with E-state index in [4.69, 9.17) is 5.73 Å². The Kier molecular flexibility index (Phi) is 5.44. The lowest BCUT2D eigenvalue weighted by molar-refractivity contribution is -0.140. The first-order chi connectivity index (χ1) is 8.03. The minimum absolute atomic E-state index is 0.216. The van der Waals surface area contributed by atoms with Gasteiger partial charge in [-0.15, -0.1) is 0 Å². The minimum atomic E-state index is -0.372. The van der Waals surface area contributed by atoms with E-state index in [1.54, 1.807) is 0 Å². The van der Waals surface area contributed by atoms with Crippen molar-refractivity contribution in [3.05, 3.63) is 0 Å². The van der Waals surface area contributed by atoms with Crippen molar-refractivity contribution >= 4 is 5.91 Å². The van der Waals surface area contributed by atoms with E-state index in [1.807, 2.05) is 25.8 Å². The van der Waals surface area contributed by atoms with Crippen LogP contribution in [0, 0.1) is 11.3 Å². The monoisotopic (exact) mass is 240 g/mol. The summed E-state index contributed by atoms with van der Waals surface area (Å²) in [5, 5.41) is 0. The number of hydrogen-bond acceptors (Lipinski definition) is 2. The first kappa shape index (κ1) is 14.5. The van der Waals surface area contributed by atoms with Crippen molar-refractivity contribution in [1.82, 2.24) is 4.90 Å². The van der Waals surface area contributed by atoms with E-state index in [0.29, 0.717) is 12.5 Å². The Morgan fingerprint density at radius 3 is 2.41 bits per heavy atom. The van der Waals surface area contributed by atoms with Crippen LogP contribution in [0.15, 0.2) is 0 Å². The van der Waals surface area contributed by atoms with Crippen molar-refractivity contribution in [2.45, 2.75) is 52.4 Å². The molecule has 0 aromatic carbocycles. The molecule has 1 aliphatic carbocycles. The van der Waals surface area contributed by atoms with Gasteiger partial charge in [0.1, 0.15) is 0 Å². The van der Waals surface area contributed by atoms with Gasteiger partial charge < -0.3 is 10.6 Å². The maximum atomic E-state index is 12.3. The number of nitrogens with zero attached hydrogens (tertiary/aromatic N) is 1. The lowest BCUT2D eigenvalue weighted by atomic mass is 9.84.